The van der Waals surface area contributed by atoms with E-state index in [9.17, 15) is 32.0 Å². The van der Waals surface area contributed by atoms with Gasteiger partial charge in [0.05, 0.1) is 24.4 Å². The third kappa shape index (κ3) is 7.83. The van der Waals surface area contributed by atoms with Gasteiger partial charge in [-0.05, 0) is 88.5 Å². The van der Waals surface area contributed by atoms with E-state index in [1.54, 1.807) is 18.2 Å². The number of halogens is 1. The fourth-order valence-electron chi connectivity index (χ4n) is 8.95. The molecule has 2 aromatic carbocycles. The molecule has 60 heavy (non-hydrogen) atoms. The lowest BCUT2D eigenvalue weighted by Crippen LogP contribution is -2.58. The summed E-state index contributed by atoms with van der Waals surface area (Å²) < 4.78 is 66.9. The lowest BCUT2D eigenvalue weighted by atomic mass is 10.0. The van der Waals surface area contributed by atoms with Crippen molar-refractivity contribution in [1.29, 1.82) is 0 Å². The summed E-state index contributed by atoms with van der Waals surface area (Å²) in [6, 6.07) is 7.10. The number of aromatic nitrogens is 1. The van der Waals surface area contributed by atoms with Crippen LogP contribution in [0.3, 0.4) is 0 Å². The Bertz CT molecular complexity index is 2520. The number of benzene rings is 2. The largest absolute Gasteiger partial charge is 0.497 e. The summed E-state index contributed by atoms with van der Waals surface area (Å²) in [7, 11) is -2.40. The number of alkyl carbamates (subject to hydrolysis) is 1. The van der Waals surface area contributed by atoms with Crippen molar-refractivity contribution < 1.29 is 50.6 Å². The monoisotopic (exact) mass is 845 g/mol. The minimum atomic E-state index is -3.94. The van der Waals surface area contributed by atoms with Gasteiger partial charge in [0.25, 0.3) is 5.91 Å². The maximum atomic E-state index is 14.8. The van der Waals surface area contributed by atoms with Crippen molar-refractivity contribution >= 4 is 66.8 Å². The molecule has 15 nitrogen and oxygen atoms in total. The molecule has 5 atom stereocenters. The standard InChI is InChI=1S/C43H48FN5O10S/c1-56-27-14-18-31-35(21-27)59-38-36(31)45-33-19-25(44)13-17-30(33)37(38)57-28-20-34-39(50)47-43(41(52)48-60(54,55)29-15-16-29)22-24(43)9-5-3-2-4-6-12-32(40(51)49(34)23-28)46-42(53)58-26-10-7-8-11-26/h5,9,13-14,17-19,21,24,26,28-29,32,34H,2-4,6-8,10-12,15-16,20,22-23H2,1H3,(H,46,53)(H,47,50)(H,48,52)/t24-,28-,32+,34+,43-/m1/s1. The number of nitrogens with zero attached hydrogens (tertiary/aromatic N) is 2. The molecule has 3 N–H and O–H groups in total. The number of furan rings is 1. The van der Waals surface area contributed by atoms with Gasteiger partial charge in [0.1, 0.15) is 52.5 Å². The molecule has 9 rings (SSSR count). The molecule has 2 aliphatic heterocycles. The van der Waals surface area contributed by atoms with Crippen molar-refractivity contribution in [2.45, 2.75) is 119 Å². The predicted octanol–water partition coefficient (Wildman–Crippen LogP) is 5.67. The Balaban J connectivity index is 1.07. The summed E-state index contributed by atoms with van der Waals surface area (Å²) in [4.78, 5) is 62.6. The number of pyridine rings is 1. The number of carbonyl (C=O) groups excluding carboxylic acids is 4. The van der Waals surface area contributed by atoms with Gasteiger partial charge in [-0.15, -0.1) is 0 Å². The second-order valence-corrected chi connectivity index (χ2v) is 18.7. The van der Waals surface area contributed by atoms with Gasteiger partial charge in [0, 0.05) is 35.2 Å². The molecule has 5 aliphatic rings. The molecule has 4 aromatic rings. The van der Waals surface area contributed by atoms with E-state index < -0.39 is 74.5 Å². The van der Waals surface area contributed by atoms with Gasteiger partial charge in [-0.25, -0.2) is 22.6 Å². The first-order valence-corrected chi connectivity index (χ1v) is 22.5. The van der Waals surface area contributed by atoms with Crippen molar-refractivity contribution in [2.75, 3.05) is 13.7 Å². The summed E-state index contributed by atoms with van der Waals surface area (Å²) in [6.07, 6.45) is 9.48. The number of nitrogens with one attached hydrogen (secondary N) is 3. The molecule has 17 heteroatoms. The topological polar surface area (TPSA) is 195 Å². The van der Waals surface area contributed by atoms with E-state index in [0.29, 0.717) is 58.8 Å². The Labute approximate surface area is 345 Å². The highest BCUT2D eigenvalue weighted by molar-refractivity contribution is 7.91. The van der Waals surface area contributed by atoms with Crippen molar-refractivity contribution in [3.05, 3.63) is 54.4 Å². The van der Waals surface area contributed by atoms with Crippen molar-refractivity contribution in [3.63, 3.8) is 0 Å². The number of rotatable bonds is 8. The van der Waals surface area contributed by atoms with Crippen LogP contribution in [0.5, 0.6) is 11.5 Å². The van der Waals surface area contributed by atoms with Crippen LogP contribution in [0.2, 0.25) is 0 Å². The first-order valence-electron chi connectivity index (χ1n) is 20.9. The van der Waals surface area contributed by atoms with Crippen LogP contribution in [0.4, 0.5) is 9.18 Å². The van der Waals surface area contributed by atoms with Crippen LogP contribution in [0.25, 0.3) is 33.0 Å². The maximum Gasteiger partial charge on any atom is 0.408 e. The zero-order valence-corrected chi connectivity index (χ0v) is 34.1. The molecule has 0 unspecified atom stereocenters. The Morgan fingerprint density at radius 2 is 1.77 bits per heavy atom. The highest BCUT2D eigenvalue weighted by Crippen LogP contribution is 2.46. The Kier molecular flexibility index (Phi) is 10.6. The molecular formula is C43H48FN5O10S. The minimum absolute atomic E-state index is 0.0457. The average Bonchev–Trinajstić information content (AvgIpc) is 4.04. The Morgan fingerprint density at radius 3 is 2.55 bits per heavy atom. The van der Waals surface area contributed by atoms with Gasteiger partial charge >= 0.3 is 6.09 Å². The van der Waals surface area contributed by atoms with Crippen LogP contribution in [0.15, 0.2) is 53.0 Å². The number of amides is 4. The van der Waals surface area contributed by atoms with Crippen LogP contribution in [-0.2, 0) is 29.1 Å². The number of methoxy groups -OCH3 is 1. The van der Waals surface area contributed by atoms with Gasteiger partial charge in [-0.2, -0.15) is 0 Å². The number of hydrogen-bond acceptors (Lipinski definition) is 11. The van der Waals surface area contributed by atoms with E-state index in [1.165, 1.54) is 30.2 Å². The molecule has 318 valence electrons. The SMILES string of the molecule is COc1ccc2c(c1)oc1c(O[C@@H]3C[C@H]4C(=O)N[C@]5(C(=O)NS(=O)(=O)C6CC6)C[C@H]5C=CCCCCC[C@H](NC(=O)OC5CCCC5)C(=O)N4C3)c3ccc(F)cc3nc12. The zero-order chi connectivity index (χ0) is 41.8. The molecule has 0 bridgehead atoms. The predicted molar refractivity (Wildman–Crippen MR) is 217 cm³/mol. The second kappa shape index (κ2) is 15.9. The number of ether oxygens (including phenoxy) is 3. The van der Waals surface area contributed by atoms with Gasteiger partial charge in [-0.1, -0.05) is 25.0 Å². The number of hydrogen-bond donors (Lipinski definition) is 3. The van der Waals surface area contributed by atoms with E-state index in [1.807, 2.05) is 12.2 Å². The lowest BCUT2D eigenvalue weighted by molar-refractivity contribution is -0.141. The molecule has 4 heterocycles. The van der Waals surface area contributed by atoms with Gasteiger partial charge in [-0.3, -0.25) is 19.1 Å². The zero-order valence-electron chi connectivity index (χ0n) is 33.2. The third-order valence-corrected chi connectivity index (χ3v) is 14.3. The molecule has 2 aromatic heterocycles. The van der Waals surface area contributed by atoms with Crippen LogP contribution in [0, 0.1) is 11.7 Å². The van der Waals surface area contributed by atoms with Crippen LogP contribution < -0.4 is 24.8 Å². The lowest BCUT2D eigenvalue weighted by Gasteiger charge is -2.30. The molecule has 1 saturated heterocycles. The quantitative estimate of drug-likeness (QED) is 0.185. The molecule has 4 fully saturated rings. The van der Waals surface area contributed by atoms with E-state index in [2.05, 4.69) is 15.4 Å². The molecule has 3 saturated carbocycles. The molecular weight excluding hydrogens is 798 g/mol. The molecule has 3 aliphatic carbocycles. The van der Waals surface area contributed by atoms with E-state index >= 15 is 0 Å². The van der Waals surface area contributed by atoms with E-state index in [0.717, 1.165) is 38.5 Å². The Morgan fingerprint density at radius 1 is 0.983 bits per heavy atom. The van der Waals surface area contributed by atoms with Crippen LogP contribution in [0.1, 0.15) is 83.5 Å². The van der Waals surface area contributed by atoms with Gasteiger partial charge in [0.2, 0.25) is 21.8 Å². The van der Waals surface area contributed by atoms with Crippen molar-refractivity contribution in [2.24, 2.45) is 5.92 Å². The number of sulfonamides is 1. The summed E-state index contributed by atoms with van der Waals surface area (Å²) in [5.41, 5.74) is -0.130. The molecule has 0 spiro atoms. The third-order valence-electron chi connectivity index (χ3n) is 12.5. The average molecular weight is 846 g/mol. The smallest absolute Gasteiger partial charge is 0.408 e. The Hall–Kier alpha value is -5.45. The molecule has 0 radical (unpaired) electrons. The number of fused-ring (bicyclic) bond motifs is 6. The highest BCUT2D eigenvalue weighted by atomic mass is 32.2. The van der Waals surface area contributed by atoms with E-state index in [4.69, 9.17) is 23.6 Å². The fourth-order valence-corrected chi connectivity index (χ4v) is 10.3. The highest BCUT2D eigenvalue weighted by Gasteiger charge is 2.62. The maximum absolute atomic E-state index is 14.8. The summed E-state index contributed by atoms with van der Waals surface area (Å²) in [6.45, 7) is -0.105. The molecule has 4 amide bonds. The van der Waals surface area contributed by atoms with Crippen molar-refractivity contribution in [3.8, 4) is 11.5 Å². The summed E-state index contributed by atoms with van der Waals surface area (Å²) in [5.74, 6) is -2.22. The minimum Gasteiger partial charge on any atom is -0.497 e. The summed E-state index contributed by atoms with van der Waals surface area (Å²) in [5, 5.41) is 6.10. The normalized spacial score (nSPS) is 26.5. The number of allylic oxidation sites excluding steroid dienone is 1. The first-order chi connectivity index (χ1) is 28.9. The van der Waals surface area contributed by atoms with Crippen molar-refractivity contribution in [1.82, 2.24) is 25.2 Å². The number of carbonyl (C=O) groups is 4. The van der Waals surface area contributed by atoms with Crippen LogP contribution in [-0.4, -0.2) is 90.9 Å². The van der Waals surface area contributed by atoms with Gasteiger partial charge in [0.15, 0.2) is 11.3 Å². The summed E-state index contributed by atoms with van der Waals surface area (Å²) >= 11 is 0. The first kappa shape index (κ1) is 40.0. The fraction of sp³-hybridized carbons (Fsp3) is 0.512. The second-order valence-electron chi connectivity index (χ2n) is 16.7. The van der Waals surface area contributed by atoms with Crippen LogP contribution >= 0.6 is 0 Å². The van der Waals surface area contributed by atoms with E-state index in [-0.39, 0.29) is 43.2 Å². The van der Waals surface area contributed by atoms with Gasteiger partial charge < -0.3 is 34.2 Å².